The molecule has 116 valence electrons. The molecule has 0 fully saturated rings. The van der Waals surface area contributed by atoms with Crippen LogP contribution in [0.3, 0.4) is 0 Å². The van der Waals surface area contributed by atoms with Crippen molar-refractivity contribution in [1.82, 2.24) is 0 Å². The van der Waals surface area contributed by atoms with E-state index in [9.17, 15) is 14.9 Å². The molecule has 6 nitrogen and oxygen atoms in total. The molecule has 0 radical (unpaired) electrons. The average molecular weight is 359 g/mol. The number of benzene rings is 1. The number of aliphatic carboxylic acids is 1. The smallest absolute Gasteiger partial charge is 0.303 e. The lowest BCUT2D eigenvalue weighted by atomic mass is 10.0. The van der Waals surface area contributed by atoms with Crippen LogP contribution in [0.4, 0.5) is 11.4 Å². The van der Waals surface area contributed by atoms with Gasteiger partial charge in [-0.2, -0.15) is 0 Å². The summed E-state index contributed by atoms with van der Waals surface area (Å²) < 4.78 is 0.651. The highest BCUT2D eigenvalue weighted by atomic mass is 79.9. The normalized spacial score (nSPS) is 12.0. The molecule has 2 N–H and O–H groups in total. The number of carbonyl (C=O) groups is 1. The molecule has 0 spiro atoms. The van der Waals surface area contributed by atoms with Gasteiger partial charge in [0, 0.05) is 34.8 Å². The van der Waals surface area contributed by atoms with Crippen LogP contribution < -0.4 is 5.32 Å². The minimum absolute atomic E-state index is 0.0854. The van der Waals surface area contributed by atoms with Crippen LogP contribution in [0.25, 0.3) is 0 Å². The maximum Gasteiger partial charge on any atom is 0.303 e. The second-order valence-corrected chi connectivity index (χ2v) is 5.98. The summed E-state index contributed by atoms with van der Waals surface area (Å²) in [5.74, 6) is -0.463. The van der Waals surface area contributed by atoms with E-state index < -0.39 is 10.9 Å². The maximum absolute atomic E-state index is 10.8. The van der Waals surface area contributed by atoms with E-state index in [1.165, 1.54) is 6.07 Å². The summed E-state index contributed by atoms with van der Waals surface area (Å²) in [7, 11) is 0. The van der Waals surface area contributed by atoms with E-state index >= 15 is 0 Å². The molecule has 21 heavy (non-hydrogen) atoms. The number of anilines is 1. The molecular formula is C14H19BrN2O4. The highest BCUT2D eigenvalue weighted by Gasteiger charge is 2.14. The fraction of sp³-hybridized carbons (Fsp3) is 0.500. The van der Waals surface area contributed by atoms with Crippen LogP contribution in [0, 0.1) is 23.0 Å². The molecule has 0 heterocycles. The largest absolute Gasteiger partial charge is 0.481 e. The molecule has 0 saturated carbocycles. The van der Waals surface area contributed by atoms with Crippen molar-refractivity contribution in [3.63, 3.8) is 0 Å². The van der Waals surface area contributed by atoms with Crippen molar-refractivity contribution in [2.75, 3.05) is 11.9 Å². The van der Waals surface area contributed by atoms with Crippen LogP contribution in [0.2, 0.25) is 0 Å². The van der Waals surface area contributed by atoms with Crippen LogP contribution in [-0.4, -0.2) is 22.5 Å². The zero-order valence-corrected chi connectivity index (χ0v) is 13.6. The fourth-order valence-corrected chi connectivity index (χ4v) is 2.44. The molecule has 1 rings (SSSR count). The minimum Gasteiger partial charge on any atom is -0.481 e. The fourth-order valence-electron chi connectivity index (χ4n) is 1.97. The van der Waals surface area contributed by atoms with Crippen LogP contribution in [-0.2, 0) is 4.79 Å². The molecule has 0 bridgehead atoms. The number of hydrogen-bond donors (Lipinski definition) is 2. The van der Waals surface area contributed by atoms with Crippen LogP contribution in [0.5, 0.6) is 0 Å². The van der Waals surface area contributed by atoms with Gasteiger partial charge in [0.05, 0.1) is 4.92 Å². The number of nitro groups is 1. The molecule has 1 aromatic rings. The van der Waals surface area contributed by atoms with E-state index in [-0.39, 0.29) is 12.1 Å². The van der Waals surface area contributed by atoms with Crippen LogP contribution in [0.15, 0.2) is 16.6 Å². The Bertz CT molecular complexity index is 534. The van der Waals surface area contributed by atoms with E-state index in [2.05, 4.69) is 21.2 Å². The van der Waals surface area contributed by atoms with Gasteiger partial charge >= 0.3 is 5.97 Å². The lowest BCUT2D eigenvalue weighted by Gasteiger charge is -2.13. The maximum atomic E-state index is 10.8. The number of hydrogen-bond acceptors (Lipinski definition) is 4. The molecule has 0 saturated heterocycles. The predicted octanol–water partition coefficient (Wildman–Crippen LogP) is 3.97. The van der Waals surface area contributed by atoms with Crippen molar-refractivity contribution in [2.45, 2.75) is 33.1 Å². The summed E-state index contributed by atoms with van der Waals surface area (Å²) in [6.07, 6.45) is 1.68. The Morgan fingerprint density at radius 3 is 2.71 bits per heavy atom. The highest BCUT2D eigenvalue weighted by Crippen LogP contribution is 2.30. The van der Waals surface area contributed by atoms with Gasteiger partial charge in [-0.05, 0) is 47.7 Å². The van der Waals surface area contributed by atoms with Gasteiger partial charge in [0.2, 0.25) is 0 Å². The zero-order chi connectivity index (χ0) is 16.0. The third-order valence-corrected chi connectivity index (χ3v) is 3.94. The molecule has 1 unspecified atom stereocenters. The Morgan fingerprint density at radius 2 is 2.14 bits per heavy atom. The molecule has 0 aliphatic rings. The van der Waals surface area contributed by atoms with Crippen molar-refractivity contribution >= 4 is 33.3 Å². The summed E-state index contributed by atoms with van der Waals surface area (Å²) in [6.45, 7) is 4.41. The second kappa shape index (κ2) is 7.97. The minimum atomic E-state index is -0.774. The van der Waals surface area contributed by atoms with E-state index in [0.29, 0.717) is 28.9 Å². The zero-order valence-electron chi connectivity index (χ0n) is 12.1. The van der Waals surface area contributed by atoms with E-state index in [1.807, 2.05) is 6.92 Å². The number of nitrogens with zero attached hydrogens (tertiary/aromatic N) is 1. The van der Waals surface area contributed by atoms with Gasteiger partial charge in [-0.25, -0.2) is 0 Å². The Morgan fingerprint density at radius 1 is 1.48 bits per heavy atom. The summed E-state index contributed by atoms with van der Waals surface area (Å²) in [6, 6.07) is 3.23. The topological polar surface area (TPSA) is 92.5 Å². The van der Waals surface area contributed by atoms with Crippen LogP contribution in [0.1, 0.15) is 31.7 Å². The first kappa shape index (κ1) is 17.4. The number of nitro benzene ring substituents is 1. The molecule has 0 aliphatic carbocycles. The van der Waals surface area contributed by atoms with Crippen molar-refractivity contribution in [3.05, 3.63) is 32.3 Å². The first-order chi connectivity index (χ1) is 9.81. The van der Waals surface area contributed by atoms with Gasteiger partial charge < -0.3 is 10.4 Å². The predicted molar refractivity (Wildman–Crippen MR) is 84.7 cm³/mol. The number of carboxylic acids is 1. The first-order valence-corrected chi connectivity index (χ1v) is 7.50. The first-order valence-electron chi connectivity index (χ1n) is 6.71. The number of halogens is 1. The van der Waals surface area contributed by atoms with Gasteiger partial charge in [0.1, 0.15) is 0 Å². The Balaban J connectivity index is 2.54. The van der Waals surface area contributed by atoms with Crippen molar-refractivity contribution in [2.24, 2.45) is 5.92 Å². The standard InChI is InChI=1S/C14H19BrN2O4/c1-9(3-4-14(18)19)5-6-16-12-7-10(2)13(17(20)21)8-11(12)15/h7-9,16H,3-6H2,1-2H3,(H,18,19). The third kappa shape index (κ3) is 5.71. The second-order valence-electron chi connectivity index (χ2n) is 5.13. The van der Waals surface area contributed by atoms with Crippen molar-refractivity contribution in [3.8, 4) is 0 Å². The summed E-state index contributed by atoms with van der Waals surface area (Å²) in [4.78, 5) is 20.9. The van der Waals surface area contributed by atoms with E-state index in [1.54, 1.807) is 13.0 Å². The molecule has 7 heteroatoms. The Labute approximate surface area is 131 Å². The van der Waals surface area contributed by atoms with Gasteiger partial charge in [0.15, 0.2) is 0 Å². The Hall–Kier alpha value is -1.63. The lowest BCUT2D eigenvalue weighted by molar-refractivity contribution is -0.385. The molecule has 1 atom stereocenters. The summed E-state index contributed by atoms with van der Waals surface area (Å²) in [5, 5.41) is 22.7. The Kier molecular flexibility index (Phi) is 6.61. The monoisotopic (exact) mass is 358 g/mol. The molecule has 1 aromatic carbocycles. The van der Waals surface area contributed by atoms with Gasteiger partial charge in [-0.1, -0.05) is 6.92 Å². The summed E-state index contributed by atoms with van der Waals surface area (Å²) in [5.41, 5.74) is 1.50. The van der Waals surface area contributed by atoms with Gasteiger partial charge in [0.25, 0.3) is 5.69 Å². The number of aryl methyl sites for hydroxylation is 1. The SMILES string of the molecule is Cc1cc(NCCC(C)CCC(=O)O)c(Br)cc1[N+](=O)[O-]. The van der Waals surface area contributed by atoms with Gasteiger partial charge in [-0.3, -0.25) is 14.9 Å². The molecule has 0 aromatic heterocycles. The third-order valence-electron chi connectivity index (χ3n) is 3.29. The lowest BCUT2D eigenvalue weighted by Crippen LogP contribution is -2.09. The number of nitrogens with one attached hydrogen (secondary N) is 1. The van der Waals surface area contributed by atoms with E-state index in [0.717, 1.165) is 12.1 Å². The quantitative estimate of drug-likeness (QED) is 0.541. The molecular weight excluding hydrogens is 340 g/mol. The van der Waals surface area contributed by atoms with E-state index in [4.69, 9.17) is 5.11 Å². The van der Waals surface area contributed by atoms with Crippen molar-refractivity contribution in [1.29, 1.82) is 0 Å². The van der Waals surface area contributed by atoms with Crippen LogP contribution >= 0.6 is 15.9 Å². The molecule has 0 aliphatic heterocycles. The number of carboxylic acid groups (broad SMARTS) is 1. The van der Waals surface area contributed by atoms with Gasteiger partial charge in [-0.15, -0.1) is 0 Å². The highest BCUT2D eigenvalue weighted by molar-refractivity contribution is 9.10. The average Bonchev–Trinajstić information content (AvgIpc) is 2.39. The number of rotatable bonds is 8. The molecule has 0 amide bonds. The van der Waals surface area contributed by atoms with Crippen molar-refractivity contribution < 1.29 is 14.8 Å². The summed E-state index contributed by atoms with van der Waals surface area (Å²) >= 11 is 3.32.